The molecule has 1 aromatic heterocycles. The maximum Gasteiger partial charge on any atom is 0.253 e. The molecule has 1 amide bonds. The molecule has 1 aliphatic rings. The molecule has 7 heteroatoms. The van der Waals surface area contributed by atoms with Gasteiger partial charge in [-0.1, -0.05) is 26.0 Å². The van der Waals surface area contributed by atoms with Gasteiger partial charge in [0.2, 0.25) is 0 Å². The van der Waals surface area contributed by atoms with Crippen LogP contribution in [0.3, 0.4) is 0 Å². The highest BCUT2D eigenvalue weighted by Gasteiger charge is 2.18. The fourth-order valence-corrected chi connectivity index (χ4v) is 4.32. The monoisotopic (exact) mass is 427 g/mol. The molecule has 1 fully saturated rings. The summed E-state index contributed by atoms with van der Waals surface area (Å²) in [6.45, 7) is 10.0. The van der Waals surface area contributed by atoms with Crippen molar-refractivity contribution in [1.82, 2.24) is 20.5 Å². The second-order valence-corrected chi connectivity index (χ2v) is 8.87. The van der Waals surface area contributed by atoms with Gasteiger partial charge in [0.15, 0.2) is 5.96 Å². The Hall–Kier alpha value is -2.41. The number of hydrogen-bond acceptors (Lipinski definition) is 4. The lowest BCUT2D eigenvalue weighted by Crippen LogP contribution is -2.36. The summed E-state index contributed by atoms with van der Waals surface area (Å²) >= 11 is 1.67. The Morgan fingerprint density at radius 1 is 1.23 bits per heavy atom. The number of carbonyl (C=O) groups is 1. The fourth-order valence-electron chi connectivity index (χ4n) is 3.43. The molecular weight excluding hydrogens is 394 g/mol. The van der Waals surface area contributed by atoms with E-state index in [9.17, 15) is 4.79 Å². The number of rotatable bonds is 7. The summed E-state index contributed by atoms with van der Waals surface area (Å²) in [5.74, 6) is 1.33. The van der Waals surface area contributed by atoms with E-state index in [0.29, 0.717) is 19.0 Å². The van der Waals surface area contributed by atoms with Gasteiger partial charge in [-0.3, -0.25) is 4.79 Å². The molecule has 0 saturated carbocycles. The number of likely N-dealkylation sites (tertiary alicyclic amines) is 1. The van der Waals surface area contributed by atoms with Crippen LogP contribution in [0.5, 0.6) is 0 Å². The summed E-state index contributed by atoms with van der Waals surface area (Å²) in [7, 11) is 0. The molecule has 2 N–H and O–H groups in total. The van der Waals surface area contributed by atoms with Crippen LogP contribution in [-0.4, -0.2) is 41.4 Å². The Kier molecular flexibility index (Phi) is 8.25. The van der Waals surface area contributed by atoms with E-state index in [0.717, 1.165) is 60.3 Å². The zero-order valence-electron chi connectivity index (χ0n) is 18.3. The molecule has 2 aromatic rings. The van der Waals surface area contributed by atoms with Crippen LogP contribution in [0.4, 0.5) is 0 Å². The summed E-state index contributed by atoms with van der Waals surface area (Å²) in [4.78, 5) is 24.1. The van der Waals surface area contributed by atoms with Crippen molar-refractivity contribution in [2.24, 2.45) is 4.99 Å². The first-order valence-electron chi connectivity index (χ1n) is 10.9. The van der Waals surface area contributed by atoms with Crippen LogP contribution in [0.25, 0.3) is 0 Å². The smallest absolute Gasteiger partial charge is 0.253 e. The Balaban J connectivity index is 1.61. The van der Waals surface area contributed by atoms with Crippen LogP contribution in [0, 0.1) is 0 Å². The summed E-state index contributed by atoms with van der Waals surface area (Å²) in [5.41, 5.74) is 2.92. The molecule has 3 rings (SSSR count). The van der Waals surface area contributed by atoms with E-state index in [1.54, 1.807) is 11.3 Å². The van der Waals surface area contributed by atoms with E-state index < -0.39 is 0 Å². The van der Waals surface area contributed by atoms with Gasteiger partial charge in [-0.15, -0.1) is 11.3 Å². The van der Waals surface area contributed by atoms with Gasteiger partial charge in [0, 0.05) is 30.6 Å². The van der Waals surface area contributed by atoms with E-state index in [4.69, 9.17) is 4.99 Å². The molecule has 1 aliphatic heterocycles. The number of benzene rings is 1. The largest absolute Gasteiger partial charge is 0.357 e. The third-order valence-corrected chi connectivity index (χ3v) is 6.02. The van der Waals surface area contributed by atoms with Crippen molar-refractivity contribution in [2.45, 2.75) is 59.0 Å². The van der Waals surface area contributed by atoms with Crippen molar-refractivity contribution in [2.75, 3.05) is 19.6 Å². The highest BCUT2D eigenvalue weighted by molar-refractivity contribution is 7.09. The average Bonchev–Trinajstić information content (AvgIpc) is 3.25. The molecule has 0 bridgehead atoms. The zero-order valence-corrected chi connectivity index (χ0v) is 19.1. The molecule has 2 heterocycles. The lowest BCUT2D eigenvalue weighted by Gasteiger charge is -2.26. The number of hydrogen-bond donors (Lipinski definition) is 2. The van der Waals surface area contributed by atoms with Crippen molar-refractivity contribution >= 4 is 23.2 Å². The van der Waals surface area contributed by atoms with E-state index >= 15 is 0 Å². The summed E-state index contributed by atoms with van der Waals surface area (Å²) in [6, 6.07) is 7.85. The normalized spacial score (nSPS) is 14.8. The van der Waals surface area contributed by atoms with Crippen molar-refractivity contribution in [3.63, 3.8) is 0 Å². The van der Waals surface area contributed by atoms with Crippen LogP contribution in [-0.2, 0) is 13.1 Å². The van der Waals surface area contributed by atoms with Crippen molar-refractivity contribution in [3.8, 4) is 0 Å². The second kappa shape index (κ2) is 11.1. The van der Waals surface area contributed by atoms with E-state index in [2.05, 4.69) is 41.8 Å². The van der Waals surface area contributed by atoms with Crippen molar-refractivity contribution in [3.05, 3.63) is 51.5 Å². The van der Waals surface area contributed by atoms with Gasteiger partial charge in [-0.25, -0.2) is 9.98 Å². The molecule has 0 atom stereocenters. The number of nitrogens with one attached hydrogen (secondary N) is 2. The van der Waals surface area contributed by atoms with E-state index in [1.165, 1.54) is 6.42 Å². The predicted molar refractivity (Wildman–Crippen MR) is 124 cm³/mol. The van der Waals surface area contributed by atoms with E-state index in [-0.39, 0.29) is 5.91 Å². The van der Waals surface area contributed by atoms with Gasteiger partial charge >= 0.3 is 0 Å². The number of carbonyl (C=O) groups excluding carboxylic acids is 1. The minimum atomic E-state index is 0.135. The third-order valence-electron chi connectivity index (χ3n) is 5.15. The Morgan fingerprint density at radius 2 is 2.03 bits per heavy atom. The standard InChI is InChI=1S/C23H33N5OS/c1-4-24-23(26-15-21-27-20(16-30-21)17(2)3)25-14-18-9-8-10-19(13-18)22(29)28-11-6-5-7-12-28/h8-10,13,16-17H,4-7,11-12,14-15H2,1-3H3,(H2,24,25,26). The van der Waals surface area contributed by atoms with Gasteiger partial charge < -0.3 is 15.5 Å². The second-order valence-electron chi connectivity index (χ2n) is 7.92. The molecule has 0 aliphatic carbocycles. The fraction of sp³-hybridized carbons (Fsp3) is 0.522. The highest BCUT2D eigenvalue weighted by Crippen LogP contribution is 2.17. The van der Waals surface area contributed by atoms with Gasteiger partial charge in [-0.05, 0) is 49.8 Å². The van der Waals surface area contributed by atoms with Crippen LogP contribution in [0.15, 0.2) is 34.6 Å². The van der Waals surface area contributed by atoms with Crippen LogP contribution < -0.4 is 10.6 Å². The lowest BCUT2D eigenvalue weighted by atomic mass is 10.1. The minimum Gasteiger partial charge on any atom is -0.357 e. The number of nitrogens with zero attached hydrogens (tertiary/aromatic N) is 3. The SMILES string of the molecule is CCNC(=NCc1cccc(C(=O)N2CCCCC2)c1)NCc1nc(C(C)C)cs1. The number of thiazole rings is 1. The van der Waals surface area contributed by atoms with E-state index in [1.807, 2.05) is 29.2 Å². The molecule has 1 saturated heterocycles. The lowest BCUT2D eigenvalue weighted by molar-refractivity contribution is 0.0724. The maximum absolute atomic E-state index is 12.8. The first kappa shape index (κ1) is 22.3. The van der Waals surface area contributed by atoms with Crippen molar-refractivity contribution in [1.29, 1.82) is 0 Å². The summed E-state index contributed by atoms with van der Waals surface area (Å²) in [5, 5.41) is 9.82. The van der Waals surface area contributed by atoms with Crippen LogP contribution in [0.2, 0.25) is 0 Å². The van der Waals surface area contributed by atoms with Gasteiger partial charge in [-0.2, -0.15) is 0 Å². The van der Waals surface area contributed by atoms with Gasteiger partial charge in [0.25, 0.3) is 5.91 Å². The molecule has 30 heavy (non-hydrogen) atoms. The molecule has 1 aromatic carbocycles. The van der Waals surface area contributed by atoms with Gasteiger partial charge in [0.1, 0.15) is 5.01 Å². The highest BCUT2D eigenvalue weighted by atomic mass is 32.1. The maximum atomic E-state index is 12.8. The Bertz CT molecular complexity index is 855. The first-order chi connectivity index (χ1) is 14.6. The summed E-state index contributed by atoms with van der Waals surface area (Å²) < 4.78 is 0. The van der Waals surface area contributed by atoms with Crippen molar-refractivity contribution < 1.29 is 4.79 Å². The molecule has 162 valence electrons. The number of piperidine rings is 1. The van der Waals surface area contributed by atoms with Crippen LogP contribution in [0.1, 0.15) is 72.6 Å². The van der Waals surface area contributed by atoms with Gasteiger partial charge in [0.05, 0.1) is 18.8 Å². The molecule has 0 unspecified atom stereocenters. The first-order valence-corrected chi connectivity index (χ1v) is 11.8. The number of amides is 1. The Labute approximate surface area is 183 Å². The number of aliphatic imine (C=N–C) groups is 1. The zero-order chi connectivity index (χ0) is 21.3. The quantitative estimate of drug-likeness (QED) is 0.514. The number of aromatic nitrogens is 1. The number of guanidine groups is 1. The molecule has 0 radical (unpaired) electrons. The average molecular weight is 428 g/mol. The van der Waals surface area contributed by atoms with Crippen LogP contribution >= 0.6 is 11.3 Å². The predicted octanol–water partition coefficient (Wildman–Crippen LogP) is 4.15. The Morgan fingerprint density at radius 3 is 2.73 bits per heavy atom. The third kappa shape index (κ3) is 6.29. The molecular formula is C23H33N5OS. The summed E-state index contributed by atoms with van der Waals surface area (Å²) in [6.07, 6.45) is 3.43. The molecule has 0 spiro atoms. The minimum absolute atomic E-state index is 0.135. The molecule has 6 nitrogen and oxygen atoms in total. The topological polar surface area (TPSA) is 69.6 Å².